The van der Waals surface area contributed by atoms with E-state index in [0.29, 0.717) is 11.6 Å². The Labute approximate surface area is 129 Å². The van der Waals surface area contributed by atoms with Crippen molar-refractivity contribution in [1.29, 1.82) is 0 Å². The molecule has 2 aromatic rings. The predicted molar refractivity (Wildman–Crippen MR) is 83.6 cm³/mol. The summed E-state index contributed by atoms with van der Waals surface area (Å²) < 4.78 is 28.1. The van der Waals surface area contributed by atoms with Gasteiger partial charge in [0, 0.05) is 11.6 Å². The summed E-state index contributed by atoms with van der Waals surface area (Å²) in [6.07, 6.45) is 0. The lowest BCUT2D eigenvalue weighted by molar-refractivity contribution is 0.603. The molecule has 1 aromatic carbocycles. The summed E-state index contributed by atoms with van der Waals surface area (Å²) in [5, 5.41) is 0. The molecule has 1 heterocycles. The molecule has 7 heteroatoms. The van der Waals surface area contributed by atoms with E-state index in [0.717, 1.165) is 14.9 Å². The molecule has 3 nitrogen and oxygen atoms in total. The minimum atomic E-state index is -3.54. The quantitative estimate of drug-likeness (QED) is 0.801. The first-order chi connectivity index (χ1) is 8.92. The molecule has 0 radical (unpaired) electrons. The highest BCUT2D eigenvalue weighted by Gasteiger charge is 2.18. The number of nitrogens with one attached hydrogen (secondary N) is 1. The zero-order valence-corrected chi connectivity index (χ0v) is 14.0. The third-order valence-electron chi connectivity index (χ3n) is 2.43. The van der Waals surface area contributed by atoms with Gasteiger partial charge in [0.1, 0.15) is 4.21 Å². The van der Waals surface area contributed by atoms with Crippen molar-refractivity contribution < 1.29 is 8.42 Å². The van der Waals surface area contributed by atoms with Crippen LogP contribution in [0.1, 0.15) is 11.1 Å². The average molecular weight is 381 g/mol. The normalized spacial score (nSPS) is 11.5. The molecule has 0 amide bonds. The van der Waals surface area contributed by atoms with Gasteiger partial charge in [0.15, 0.2) is 0 Å². The number of aryl methyl sites for hydroxylation is 1. The fourth-order valence-electron chi connectivity index (χ4n) is 1.49. The van der Waals surface area contributed by atoms with Crippen molar-refractivity contribution in [3.63, 3.8) is 0 Å². The van der Waals surface area contributed by atoms with E-state index in [9.17, 15) is 8.42 Å². The largest absolute Gasteiger partial charge is 0.279 e. The van der Waals surface area contributed by atoms with Crippen LogP contribution in [0.25, 0.3) is 0 Å². The average Bonchev–Trinajstić information content (AvgIpc) is 2.70. The van der Waals surface area contributed by atoms with Gasteiger partial charge in [-0.3, -0.25) is 4.72 Å². The van der Waals surface area contributed by atoms with Crippen LogP contribution in [0.15, 0.2) is 38.3 Å². The maximum absolute atomic E-state index is 12.2. The fraction of sp³-hybridized carbons (Fsp3) is 0.167. The van der Waals surface area contributed by atoms with Crippen LogP contribution in [-0.4, -0.2) is 8.42 Å². The molecule has 1 N–H and O–H groups in total. The number of halogens is 2. The number of thiophene rings is 1. The molecule has 0 spiro atoms. The molecule has 1 aromatic heterocycles. The summed E-state index contributed by atoms with van der Waals surface area (Å²) in [6, 6.07) is 8.67. The highest BCUT2D eigenvalue weighted by molar-refractivity contribution is 9.11. The molecule has 0 saturated heterocycles. The van der Waals surface area contributed by atoms with Crippen molar-refractivity contribution >= 4 is 54.6 Å². The Hall–Kier alpha value is -0.560. The van der Waals surface area contributed by atoms with E-state index < -0.39 is 10.0 Å². The first-order valence-corrected chi connectivity index (χ1v) is 8.99. The summed E-state index contributed by atoms with van der Waals surface area (Å²) in [4.78, 5) is 0. The van der Waals surface area contributed by atoms with Crippen LogP contribution in [0.5, 0.6) is 0 Å². The van der Waals surface area contributed by atoms with Crippen molar-refractivity contribution in [2.24, 2.45) is 0 Å². The van der Waals surface area contributed by atoms with Crippen LogP contribution in [0, 0.1) is 6.92 Å². The number of hydrogen-bond donors (Lipinski definition) is 1. The van der Waals surface area contributed by atoms with Crippen LogP contribution in [0.3, 0.4) is 0 Å². The van der Waals surface area contributed by atoms with Crippen molar-refractivity contribution in [2.75, 3.05) is 4.72 Å². The molecular weight excluding hydrogens is 370 g/mol. The molecule has 19 heavy (non-hydrogen) atoms. The Morgan fingerprint density at radius 2 is 2.11 bits per heavy atom. The molecule has 0 saturated carbocycles. The van der Waals surface area contributed by atoms with Gasteiger partial charge in [-0.1, -0.05) is 12.1 Å². The van der Waals surface area contributed by atoms with E-state index in [1.54, 1.807) is 24.3 Å². The van der Waals surface area contributed by atoms with Crippen LogP contribution in [0.4, 0.5) is 5.69 Å². The van der Waals surface area contributed by atoms with Crippen molar-refractivity contribution in [1.82, 2.24) is 0 Å². The first kappa shape index (κ1) is 14.8. The molecule has 0 aliphatic carbocycles. The molecule has 102 valence electrons. The molecule has 0 bridgehead atoms. The molecule has 0 aliphatic rings. The summed E-state index contributed by atoms with van der Waals surface area (Å²) in [5.74, 6) is 0.346. The monoisotopic (exact) mass is 379 g/mol. The van der Waals surface area contributed by atoms with Gasteiger partial charge in [-0.25, -0.2) is 8.42 Å². The minimum Gasteiger partial charge on any atom is -0.279 e. The van der Waals surface area contributed by atoms with Gasteiger partial charge >= 0.3 is 0 Å². The highest BCUT2D eigenvalue weighted by Crippen LogP contribution is 2.31. The third kappa shape index (κ3) is 3.51. The molecule has 2 rings (SSSR count). The standard InChI is InChI=1S/C12H11BrClNO2S2/c1-8-5-11(18-12(8)13)19(16,17)15-10-4-2-3-9(6-10)7-14/h2-6,15H,7H2,1H3. The van der Waals surface area contributed by atoms with E-state index in [1.807, 2.05) is 13.0 Å². The highest BCUT2D eigenvalue weighted by atomic mass is 79.9. The van der Waals surface area contributed by atoms with Gasteiger partial charge in [-0.15, -0.1) is 22.9 Å². The molecule has 0 atom stereocenters. The summed E-state index contributed by atoms with van der Waals surface area (Å²) in [6.45, 7) is 1.85. The Balaban J connectivity index is 2.30. The Morgan fingerprint density at radius 1 is 1.37 bits per heavy atom. The van der Waals surface area contributed by atoms with E-state index in [4.69, 9.17) is 11.6 Å². The number of sulfonamides is 1. The molecular formula is C12H11BrClNO2S2. The molecule has 0 fully saturated rings. The Morgan fingerprint density at radius 3 is 2.68 bits per heavy atom. The summed E-state index contributed by atoms with van der Waals surface area (Å²) in [7, 11) is -3.54. The van der Waals surface area contributed by atoms with Crippen molar-refractivity contribution in [3.05, 3.63) is 45.2 Å². The van der Waals surface area contributed by atoms with Crippen LogP contribution < -0.4 is 4.72 Å². The van der Waals surface area contributed by atoms with Crippen LogP contribution in [-0.2, 0) is 15.9 Å². The van der Waals surface area contributed by atoms with Gasteiger partial charge in [-0.2, -0.15) is 0 Å². The zero-order valence-electron chi connectivity index (χ0n) is 9.98. The smallest absolute Gasteiger partial charge is 0.271 e. The second-order valence-corrected chi connectivity index (χ2v) is 8.51. The minimum absolute atomic E-state index is 0.285. The second kappa shape index (κ2) is 5.83. The SMILES string of the molecule is Cc1cc(S(=O)(=O)Nc2cccc(CCl)c2)sc1Br. The van der Waals surface area contributed by atoms with Gasteiger partial charge < -0.3 is 0 Å². The lowest BCUT2D eigenvalue weighted by Gasteiger charge is -2.07. The topological polar surface area (TPSA) is 46.2 Å². The van der Waals surface area contributed by atoms with Crippen molar-refractivity contribution in [2.45, 2.75) is 17.0 Å². The van der Waals surface area contributed by atoms with Gasteiger partial charge in [0.25, 0.3) is 10.0 Å². The van der Waals surface area contributed by atoms with E-state index >= 15 is 0 Å². The lowest BCUT2D eigenvalue weighted by Crippen LogP contribution is -2.11. The number of hydrogen-bond acceptors (Lipinski definition) is 3. The lowest BCUT2D eigenvalue weighted by atomic mass is 10.2. The Bertz CT molecular complexity index is 678. The van der Waals surface area contributed by atoms with Gasteiger partial charge in [-0.05, 0) is 52.2 Å². The summed E-state index contributed by atoms with van der Waals surface area (Å²) >= 11 is 10.2. The molecule has 0 unspecified atom stereocenters. The van der Waals surface area contributed by atoms with Crippen LogP contribution >= 0.6 is 38.9 Å². The number of rotatable bonds is 4. The Kier molecular flexibility index (Phi) is 4.55. The number of anilines is 1. The maximum Gasteiger partial charge on any atom is 0.271 e. The fourth-order valence-corrected chi connectivity index (χ4v) is 4.93. The maximum atomic E-state index is 12.2. The predicted octanol–water partition coefficient (Wildman–Crippen LogP) is 4.36. The van der Waals surface area contributed by atoms with E-state index in [-0.39, 0.29) is 4.21 Å². The van der Waals surface area contributed by atoms with Crippen LogP contribution in [0.2, 0.25) is 0 Å². The van der Waals surface area contributed by atoms with E-state index in [1.165, 1.54) is 11.3 Å². The first-order valence-electron chi connectivity index (χ1n) is 5.36. The van der Waals surface area contributed by atoms with Gasteiger partial charge in [0.2, 0.25) is 0 Å². The number of benzene rings is 1. The van der Waals surface area contributed by atoms with E-state index in [2.05, 4.69) is 20.7 Å². The van der Waals surface area contributed by atoms with Gasteiger partial charge in [0.05, 0.1) is 3.79 Å². The zero-order chi connectivity index (χ0) is 14.0. The third-order valence-corrected chi connectivity index (χ3v) is 6.73. The number of alkyl halides is 1. The second-order valence-electron chi connectivity index (χ2n) is 3.96. The van der Waals surface area contributed by atoms with Crippen molar-refractivity contribution in [3.8, 4) is 0 Å². The summed E-state index contributed by atoms with van der Waals surface area (Å²) in [5.41, 5.74) is 2.28. The molecule has 0 aliphatic heterocycles.